The Labute approximate surface area is 169 Å². The molecule has 0 amide bonds. The standard InChI is InChI=1S/C19H23N7O.ClH/c1-13(2)26-17(27)6-3-14-11-22-19(24-18(14)26)23-16-5-4-15(12-21-16)25-9-7-20-8-10-25;/h3-6,11-13,20H,7-10H2,1-2H3,(H,21,22,23,24);1H. The van der Waals surface area contributed by atoms with Gasteiger partial charge in [0.1, 0.15) is 11.5 Å². The maximum absolute atomic E-state index is 12.2. The summed E-state index contributed by atoms with van der Waals surface area (Å²) in [7, 11) is 0. The van der Waals surface area contributed by atoms with Gasteiger partial charge in [-0.1, -0.05) is 0 Å². The van der Waals surface area contributed by atoms with Gasteiger partial charge in [0, 0.05) is 49.9 Å². The van der Waals surface area contributed by atoms with Crippen LogP contribution in [0.5, 0.6) is 0 Å². The van der Waals surface area contributed by atoms with Gasteiger partial charge in [0.15, 0.2) is 0 Å². The molecule has 0 saturated carbocycles. The zero-order valence-corrected chi connectivity index (χ0v) is 16.7. The number of anilines is 3. The van der Waals surface area contributed by atoms with Gasteiger partial charge in [0.2, 0.25) is 5.95 Å². The average Bonchev–Trinajstić information content (AvgIpc) is 2.69. The summed E-state index contributed by atoms with van der Waals surface area (Å²) in [5.74, 6) is 1.09. The van der Waals surface area contributed by atoms with E-state index in [0.29, 0.717) is 17.4 Å². The van der Waals surface area contributed by atoms with Crippen molar-refractivity contribution in [3.05, 3.63) is 47.0 Å². The molecule has 0 aliphatic carbocycles. The lowest BCUT2D eigenvalue weighted by Crippen LogP contribution is -2.43. The summed E-state index contributed by atoms with van der Waals surface area (Å²) in [5, 5.41) is 7.31. The molecule has 148 valence electrons. The van der Waals surface area contributed by atoms with Crippen molar-refractivity contribution < 1.29 is 0 Å². The minimum absolute atomic E-state index is 0. The lowest BCUT2D eigenvalue weighted by atomic mass is 10.3. The molecule has 0 radical (unpaired) electrons. The Kier molecular flexibility index (Phi) is 6.11. The van der Waals surface area contributed by atoms with E-state index in [4.69, 9.17) is 0 Å². The molecular formula is C19H24ClN7O. The highest BCUT2D eigenvalue weighted by Gasteiger charge is 2.12. The minimum Gasteiger partial charge on any atom is -0.368 e. The molecule has 28 heavy (non-hydrogen) atoms. The van der Waals surface area contributed by atoms with Crippen LogP contribution in [0.1, 0.15) is 19.9 Å². The fourth-order valence-electron chi connectivity index (χ4n) is 3.28. The summed E-state index contributed by atoms with van der Waals surface area (Å²) < 4.78 is 1.67. The number of aromatic nitrogens is 4. The smallest absolute Gasteiger partial charge is 0.252 e. The molecular weight excluding hydrogens is 378 g/mol. The number of rotatable bonds is 4. The monoisotopic (exact) mass is 401 g/mol. The van der Waals surface area contributed by atoms with E-state index in [0.717, 1.165) is 37.3 Å². The van der Waals surface area contributed by atoms with Crippen LogP contribution in [0.15, 0.2) is 41.5 Å². The third-order valence-electron chi connectivity index (χ3n) is 4.65. The van der Waals surface area contributed by atoms with Gasteiger partial charge in [-0.15, -0.1) is 12.4 Å². The van der Waals surface area contributed by atoms with Gasteiger partial charge >= 0.3 is 0 Å². The van der Waals surface area contributed by atoms with E-state index < -0.39 is 0 Å². The molecule has 0 spiro atoms. The van der Waals surface area contributed by atoms with Crippen LogP contribution in [0.2, 0.25) is 0 Å². The normalized spacial score (nSPS) is 14.2. The summed E-state index contributed by atoms with van der Waals surface area (Å²) in [6.07, 6.45) is 3.58. The van der Waals surface area contributed by atoms with E-state index in [1.54, 1.807) is 22.9 Å². The Morgan fingerprint density at radius 2 is 1.86 bits per heavy atom. The van der Waals surface area contributed by atoms with E-state index in [-0.39, 0.29) is 24.0 Å². The van der Waals surface area contributed by atoms with Crippen molar-refractivity contribution >= 4 is 40.9 Å². The Hall–Kier alpha value is -2.71. The fraction of sp³-hybridized carbons (Fsp3) is 0.368. The number of piperazine rings is 1. The van der Waals surface area contributed by atoms with Crippen LogP contribution in [0.4, 0.5) is 17.5 Å². The first kappa shape index (κ1) is 20.0. The summed E-state index contributed by atoms with van der Waals surface area (Å²) in [6.45, 7) is 7.87. The predicted octanol–water partition coefficient (Wildman–Crippen LogP) is 2.34. The molecule has 1 aliphatic heterocycles. The molecule has 0 atom stereocenters. The number of nitrogens with zero attached hydrogens (tertiary/aromatic N) is 5. The van der Waals surface area contributed by atoms with Crippen molar-refractivity contribution in [2.75, 3.05) is 36.4 Å². The van der Waals surface area contributed by atoms with Crippen molar-refractivity contribution in [1.82, 2.24) is 24.8 Å². The molecule has 1 aliphatic rings. The van der Waals surface area contributed by atoms with E-state index in [1.807, 2.05) is 32.2 Å². The minimum atomic E-state index is -0.0688. The SMILES string of the molecule is CC(C)n1c(=O)ccc2cnc(Nc3ccc(N4CCNCC4)cn3)nc21.Cl. The highest BCUT2D eigenvalue weighted by atomic mass is 35.5. The predicted molar refractivity (Wildman–Crippen MR) is 114 cm³/mol. The highest BCUT2D eigenvalue weighted by Crippen LogP contribution is 2.19. The number of halogens is 1. The van der Waals surface area contributed by atoms with Gasteiger partial charge in [0.05, 0.1) is 11.9 Å². The number of hydrogen-bond donors (Lipinski definition) is 2. The van der Waals surface area contributed by atoms with Gasteiger partial charge in [-0.05, 0) is 32.0 Å². The van der Waals surface area contributed by atoms with Crippen molar-refractivity contribution in [3.8, 4) is 0 Å². The molecule has 0 unspecified atom stereocenters. The number of pyridine rings is 2. The maximum Gasteiger partial charge on any atom is 0.252 e. The van der Waals surface area contributed by atoms with Crippen molar-refractivity contribution in [2.24, 2.45) is 0 Å². The number of fused-ring (bicyclic) bond motifs is 1. The van der Waals surface area contributed by atoms with Crippen molar-refractivity contribution in [2.45, 2.75) is 19.9 Å². The Bertz CT molecular complexity index is 997. The second kappa shape index (κ2) is 8.53. The second-order valence-electron chi connectivity index (χ2n) is 6.87. The first-order chi connectivity index (χ1) is 13.1. The van der Waals surface area contributed by atoms with E-state index >= 15 is 0 Å². The summed E-state index contributed by atoms with van der Waals surface area (Å²) in [4.78, 5) is 27.9. The molecule has 9 heteroatoms. The van der Waals surface area contributed by atoms with E-state index in [9.17, 15) is 4.79 Å². The lowest BCUT2D eigenvalue weighted by Gasteiger charge is -2.29. The van der Waals surface area contributed by atoms with Crippen molar-refractivity contribution in [1.29, 1.82) is 0 Å². The fourth-order valence-corrected chi connectivity index (χ4v) is 3.28. The van der Waals surface area contributed by atoms with Gasteiger partial charge in [-0.2, -0.15) is 4.98 Å². The van der Waals surface area contributed by atoms with E-state index in [2.05, 4.69) is 30.5 Å². The molecule has 4 rings (SSSR count). The lowest BCUT2D eigenvalue weighted by molar-refractivity contribution is 0.589. The van der Waals surface area contributed by atoms with Crippen LogP contribution in [0.3, 0.4) is 0 Å². The topological polar surface area (TPSA) is 88.0 Å². The molecule has 8 nitrogen and oxygen atoms in total. The van der Waals surface area contributed by atoms with Gasteiger partial charge in [-0.25, -0.2) is 9.97 Å². The van der Waals surface area contributed by atoms with Crippen LogP contribution in [-0.4, -0.2) is 45.7 Å². The quantitative estimate of drug-likeness (QED) is 0.693. The van der Waals surface area contributed by atoms with Crippen LogP contribution >= 0.6 is 12.4 Å². The molecule has 3 aromatic rings. The van der Waals surface area contributed by atoms with Crippen LogP contribution < -0.4 is 21.1 Å². The Morgan fingerprint density at radius 3 is 2.54 bits per heavy atom. The van der Waals surface area contributed by atoms with Crippen molar-refractivity contribution in [3.63, 3.8) is 0 Å². The summed E-state index contributed by atoms with van der Waals surface area (Å²) >= 11 is 0. The Morgan fingerprint density at radius 1 is 1.07 bits per heavy atom. The van der Waals surface area contributed by atoms with E-state index in [1.165, 1.54) is 0 Å². The molecule has 0 aromatic carbocycles. The first-order valence-electron chi connectivity index (χ1n) is 9.19. The zero-order chi connectivity index (χ0) is 18.8. The number of hydrogen-bond acceptors (Lipinski definition) is 7. The summed E-state index contributed by atoms with van der Waals surface area (Å²) in [6, 6.07) is 7.29. The molecule has 4 heterocycles. The maximum atomic E-state index is 12.2. The van der Waals surface area contributed by atoms with Crippen LogP contribution in [-0.2, 0) is 0 Å². The Balaban J connectivity index is 0.00000225. The highest BCUT2D eigenvalue weighted by molar-refractivity contribution is 5.85. The van der Waals surface area contributed by atoms with Gasteiger partial charge in [-0.3, -0.25) is 9.36 Å². The first-order valence-corrected chi connectivity index (χ1v) is 9.19. The molecule has 1 fully saturated rings. The van der Waals surface area contributed by atoms with Gasteiger partial charge in [0.25, 0.3) is 5.56 Å². The third kappa shape index (κ3) is 4.07. The molecule has 0 bridgehead atoms. The number of nitrogens with one attached hydrogen (secondary N) is 2. The summed E-state index contributed by atoms with van der Waals surface area (Å²) in [5.41, 5.74) is 1.66. The van der Waals surface area contributed by atoms with Gasteiger partial charge < -0.3 is 15.5 Å². The third-order valence-corrected chi connectivity index (χ3v) is 4.65. The molecule has 2 N–H and O–H groups in total. The molecule has 3 aromatic heterocycles. The van der Waals surface area contributed by atoms with Crippen LogP contribution in [0.25, 0.3) is 11.0 Å². The van der Waals surface area contributed by atoms with Crippen LogP contribution in [0, 0.1) is 0 Å². The second-order valence-corrected chi connectivity index (χ2v) is 6.87. The largest absolute Gasteiger partial charge is 0.368 e. The zero-order valence-electron chi connectivity index (χ0n) is 15.9. The molecule has 1 saturated heterocycles. The average molecular weight is 402 g/mol.